The Balaban J connectivity index is 1.23. The summed E-state index contributed by atoms with van der Waals surface area (Å²) in [5.74, 6) is 6.96. The maximum atomic E-state index is 12.8. The van der Waals surface area contributed by atoms with E-state index in [9.17, 15) is 9.00 Å². The van der Waals surface area contributed by atoms with Crippen LogP contribution in [-0.4, -0.2) is 26.1 Å². The smallest absolute Gasteiger partial charge is 0.234 e. The van der Waals surface area contributed by atoms with Gasteiger partial charge in [-0.2, -0.15) is 0 Å². The topological polar surface area (TPSA) is 120 Å². The normalized spacial score (nSPS) is 17.3. The molecule has 1 amide bonds. The summed E-state index contributed by atoms with van der Waals surface area (Å²) in [6.45, 7) is 3.82. The Bertz CT molecular complexity index is 1780. The van der Waals surface area contributed by atoms with Crippen molar-refractivity contribution in [2.24, 2.45) is 0 Å². The number of anilines is 3. The number of hydrogen-bond acceptors (Lipinski definition) is 6. The zero-order valence-corrected chi connectivity index (χ0v) is 22.5. The number of pyridine rings is 2. The van der Waals surface area contributed by atoms with Crippen molar-refractivity contribution in [3.05, 3.63) is 83.8 Å². The lowest BCUT2D eigenvalue weighted by Crippen LogP contribution is -2.38. The van der Waals surface area contributed by atoms with Crippen LogP contribution in [0.3, 0.4) is 0 Å². The van der Waals surface area contributed by atoms with Crippen LogP contribution in [0.4, 0.5) is 17.2 Å². The van der Waals surface area contributed by atoms with Crippen LogP contribution in [0, 0.1) is 16.6 Å². The Labute approximate surface area is 227 Å². The fraction of sp³-hybridized carbons (Fsp3) is 0.233. The minimum atomic E-state index is -3.02. The molecule has 9 heteroatoms. The van der Waals surface area contributed by atoms with Gasteiger partial charge in [-0.05, 0) is 86.7 Å². The Morgan fingerprint density at radius 2 is 1.85 bits per heavy atom. The molecule has 2 aliphatic rings. The number of rotatable bonds is 5. The van der Waals surface area contributed by atoms with Crippen LogP contribution in [0.5, 0.6) is 0 Å². The molecule has 1 aliphatic carbocycles. The molecule has 4 aromatic rings. The monoisotopic (exact) mass is 536 g/mol. The largest absolute Gasteiger partial charge is 0.340 e. The SMILES string of the molecule is CC1(C)C(=O)Nc2cc(C#Cc3nccc4cnc(Nc5ccc(S(=N)(=O)NC6CCC6)cc5)cc34)ccc21. The van der Waals surface area contributed by atoms with E-state index in [-0.39, 0.29) is 11.9 Å². The minimum Gasteiger partial charge on any atom is -0.340 e. The fourth-order valence-corrected chi connectivity index (χ4v) is 6.10. The maximum Gasteiger partial charge on any atom is 0.234 e. The molecule has 196 valence electrons. The first kappa shape index (κ1) is 25.0. The first-order chi connectivity index (χ1) is 18.7. The van der Waals surface area contributed by atoms with Crippen molar-refractivity contribution in [2.75, 3.05) is 10.6 Å². The summed E-state index contributed by atoms with van der Waals surface area (Å²) in [6.07, 6.45) is 6.53. The molecule has 2 aromatic carbocycles. The van der Waals surface area contributed by atoms with Crippen molar-refractivity contribution >= 4 is 43.8 Å². The van der Waals surface area contributed by atoms with Gasteiger partial charge < -0.3 is 10.6 Å². The van der Waals surface area contributed by atoms with Gasteiger partial charge in [0.25, 0.3) is 0 Å². The number of amides is 1. The average molecular weight is 537 g/mol. The van der Waals surface area contributed by atoms with Gasteiger partial charge in [0.2, 0.25) is 5.91 Å². The summed E-state index contributed by atoms with van der Waals surface area (Å²) in [6, 6.07) is 16.8. The highest BCUT2D eigenvalue weighted by Crippen LogP contribution is 2.37. The highest BCUT2D eigenvalue weighted by molar-refractivity contribution is 7.90. The van der Waals surface area contributed by atoms with Crippen LogP contribution < -0.4 is 15.4 Å². The predicted octanol–water partition coefficient (Wildman–Crippen LogP) is 5.47. The highest BCUT2D eigenvalue weighted by Gasteiger charge is 2.38. The lowest BCUT2D eigenvalue weighted by molar-refractivity contribution is -0.119. The second kappa shape index (κ2) is 9.49. The van der Waals surface area contributed by atoms with E-state index in [1.165, 1.54) is 0 Å². The molecule has 4 N–H and O–H groups in total. The summed E-state index contributed by atoms with van der Waals surface area (Å²) in [5, 5.41) is 7.99. The van der Waals surface area contributed by atoms with E-state index in [1.807, 2.05) is 44.2 Å². The predicted molar refractivity (Wildman–Crippen MR) is 153 cm³/mol. The Hall–Kier alpha value is -4.26. The van der Waals surface area contributed by atoms with Gasteiger partial charge in [0.15, 0.2) is 0 Å². The number of fused-ring (bicyclic) bond motifs is 2. The summed E-state index contributed by atoms with van der Waals surface area (Å²) < 4.78 is 24.0. The van der Waals surface area contributed by atoms with Crippen LogP contribution in [0.1, 0.15) is 49.9 Å². The van der Waals surface area contributed by atoms with E-state index in [2.05, 4.69) is 37.2 Å². The maximum absolute atomic E-state index is 12.8. The lowest BCUT2D eigenvalue weighted by atomic mass is 9.86. The third-order valence-electron chi connectivity index (χ3n) is 7.38. The van der Waals surface area contributed by atoms with E-state index in [1.54, 1.807) is 36.7 Å². The van der Waals surface area contributed by atoms with Crippen molar-refractivity contribution in [1.29, 1.82) is 4.78 Å². The second-order valence-corrected chi connectivity index (χ2v) is 12.3. The molecule has 6 rings (SSSR count). The molecule has 3 heterocycles. The molecule has 0 spiro atoms. The molecule has 2 aromatic heterocycles. The van der Waals surface area contributed by atoms with Gasteiger partial charge in [0, 0.05) is 46.1 Å². The number of hydrogen-bond donors (Lipinski definition) is 4. The van der Waals surface area contributed by atoms with Gasteiger partial charge in [-0.25, -0.2) is 23.7 Å². The van der Waals surface area contributed by atoms with Gasteiger partial charge in [-0.3, -0.25) is 4.79 Å². The number of carbonyl (C=O) groups excluding carboxylic acids is 1. The number of benzene rings is 2. The first-order valence-corrected chi connectivity index (χ1v) is 14.4. The Kier molecular flexibility index (Phi) is 6.09. The third kappa shape index (κ3) is 4.85. The average Bonchev–Trinajstić information content (AvgIpc) is 3.12. The van der Waals surface area contributed by atoms with E-state index in [4.69, 9.17) is 4.78 Å². The molecule has 1 aliphatic heterocycles. The molecule has 0 saturated heterocycles. The Morgan fingerprint density at radius 1 is 1.05 bits per heavy atom. The van der Waals surface area contributed by atoms with Crippen LogP contribution in [0.2, 0.25) is 0 Å². The third-order valence-corrected chi connectivity index (χ3v) is 8.98. The van der Waals surface area contributed by atoms with Gasteiger partial charge >= 0.3 is 0 Å². The quantitative estimate of drug-likeness (QED) is 0.252. The summed E-state index contributed by atoms with van der Waals surface area (Å²) in [4.78, 5) is 21.7. The number of nitrogens with one attached hydrogen (secondary N) is 4. The fourth-order valence-electron chi connectivity index (χ4n) is 4.74. The van der Waals surface area contributed by atoms with Gasteiger partial charge in [-0.1, -0.05) is 18.4 Å². The second-order valence-electron chi connectivity index (χ2n) is 10.5. The molecular formula is C30H28N6O2S. The zero-order valence-electron chi connectivity index (χ0n) is 21.7. The molecular weight excluding hydrogens is 508 g/mol. The van der Waals surface area contributed by atoms with E-state index >= 15 is 0 Å². The molecule has 1 fully saturated rings. The molecule has 0 radical (unpaired) electrons. The van der Waals surface area contributed by atoms with Crippen LogP contribution in [-0.2, 0) is 20.1 Å². The highest BCUT2D eigenvalue weighted by atomic mass is 32.2. The summed E-state index contributed by atoms with van der Waals surface area (Å²) in [7, 11) is -3.02. The van der Waals surface area contributed by atoms with Crippen molar-refractivity contribution in [1.82, 2.24) is 14.7 Å². The standard InChI is InChI=1S/C30H28N6O2S/c1-30(2)25-12-6-19(16-27(25)35-29(30)37)7-13-26-24-17-28(33-18-20(24)14-15-32-26)34-21-8-10-23(11-9-21)39(31,38)36-22-4-3-5-22/h6,8-12,14-18,22H,3-5H2,1-2H3,(H,33,34)(H,35,37)(H2,31,36,38). The van der Waals surface area contributed by atoms with Crippen LogP contribution in [0.25, 0.3) is 10.8 Å². The molecule has 8 nitrogen and oxygen atoms in total. The zero-order chi connectivity index (χ0) is 27.2. The molecule has 1 atom stereocenters. The van der Waals surface area contributed by atoms with Crippen molar-refractivity contribution in [2.45, 2.75) is 49.5 Å². The molecule has 0 bridgehead atoms. The number of nitrogens with zero attached hydrogens (tertiary/aromatic N) is 2. The summed E-state index contributed by atoms with van der Waals surface area (Å²) >= 11 is 0. The Morgan fingerprint density at radius 3 is 2.59 bits per heavy atom. The summed E-state index contributed by atoms with van der Waals surface area (Å²) in [5.41, 5.74) is 3.39. The number of aromatic nitrogens is 2. The van der Waals surface area contributed by atoms with E-state index in [0.717, 1.165) is 52.5 Å². The molecule has 39 heavy (non-hydrogen) atoms. The lowest BCUT2D eigenvalue weighted by Gasteiger charge is -2.27. The first-order valence-electron chi connectivity index (χ1n) is 12.8. The van der Waals surface area contributed by atoms with Gasteiger partial charge in [0.05, 0.1) is 10.3 Å². The van der Waals surface area contributed by atoms with Gasteiger partial charge in [-0.15, -0.1) is 0 Å². The molecule has 1 unspecified atom stereocenters. The van der Waals surface area contributed by atoms with E-state index in [0.29, 0.717) is 16.4 Å². The van der Waals surface area contributed by atoms with Gasteiger partial charge in [0.1, 0.15) is 21.4 Å². The van der Waals surface area contributed by atoms with Crippen molar-refractivity contribution in [3.8, 4) is 11.8 Å². The van der Waals surface area contributed by atoms with Crippen LogP contribution in [0.15, 0.2) is 71.9 Å². The van der Waals surface area contributed by atoms with Crippen molar-refractivity contribution < 1.29 is 9.00 Å². The number of carbonyl (C=O) groups is 1. The minimum absolute atomic E-state index is 0.0147. The molecule has 1 saturated carbocycles. The van der Waals surface area contributed by atoms with E-state index < -0.39 is 15.3 Å². The van der Waals surface area contributed by atoms with Crippen molar-refractivity contribution in [3.63, 3.8) is 0 Å². The van der Waals surface area contributed by atoms with Crippen LogP contribution >= 0.6 is 0 Å².